The highest BCUT2D eigenvalue weighted by Crippen LogP contribution is 2.25. The van der Waals surface area contributed by atoms with Crippen LogP contribution in [0.4, 0.5) is 0 Å². The Labute approximate surface area is 146 Å². The summed E-state index contributed by atoms with van der Waals surface area (Å²) in [7, 11) is 0. The molecule has 1 N–H and O–H groups in total. The molecule has 4 rings (SSSR count). The van der Waals surface area contributed by atoms with E-state index in [1.807, 2.05) is 12.1 Å². The lowest BCUT2D eigenvalue weighted by molar-refractivity contribution is 0.0479. The van der Waals surface area contributed by atoms with E-state index in [4.69, 9.17) is 0 Å². The Hall–Kier alpha value is -1.64. The molecule has 1 saturated heterocycles. The molecule has 1 unspecified atom stereocenters. The molecule has 1 saturated carbocycles. The molecule has 2 aliphatic rings. The van der Waals surface area contributed by atoms with Crippen LogP contribution in [0.15, 0.2) is 60.7 Å². The van der Waals surface area contributed by atoms with E-state index < -0.39 is 0 Å². The van der Waals surface area contributed by atoms with E-state index in [0.717, 1.165) is 19.0 Å². The highest BCUT2D eigenvalue weighted by Gasteiger charge is 2.26. The summed E-state index contributed by atoms with van der Waals surface area (Å²) >= 11 is 0. The Morgan fingerprint density at radius 3 is 1.75 bits per heavy atom. The number of likely N-dealkylation sites (tertiary alicyclic amines) is 1. The summed E-state index contributed by atoms with van der Waals surface area (Å²) < 4.78 is 0. The Bertz CT molecular complexity index is 540. The standard InChI is InChI=1S/C12H10.C10H19NO/c1-3-7-11(8-4-1)12-9-5-2-6-10-12;12-10-6-3-7-11(8-10)9-4-1-2-5-9/h1-10H;9-10,12H,1-8H2. The lowest BCUT2D eigenvalue weighted by Crippen LogP contribution is -2.43. The van der Waals surface area contributed by atoms with E-state index in [2.05, 4.69) is 53.4 Å². The molecule has 1 aliphatic carbocycles. The van der Waals surface area contributed by atoms with Crippen LogP contribution in [0.25, 0.3) is 11.1 Å². The number of aliphatic hydroxyl groups is 1. The molecular weight excluding hydrogens is 294 g/mol. The van der Waals surface area contributed by atoms with Crippen LogP contribution in [0.3, 0.4) is 0 Å². The molecule has 0 spiro atoms. The molecule has 2 aromatic carbocycles. The zero-order valence-electron chi connectivity index (χ0n) is 14.5. The average molecular weight is 323 g/mol. The van der Waals surface area contributed by atoms with Crippen molar-refractivity contribution in [1.82, 2.24) is 4.90 Å². The molecule has 128 valence electrons. The van der Waals surface area contributed by atoms with Crippen LogP contribution in [0.1, 0.15) is 38.5 Å². The highest BCUT2D eigenvalue weighted by atomic mass is 16.3. The van der Waals surface area contributed by atoms with E-state index in [1.54, 1.807) is 0 Å². The van der Waals surface area contributed by atoms with Crippen molar-refractivity contribution < 1.29 is 5.11 Å². The summed E-state index contributed by atoms with van der Waals surface area (Å²) in [6.45, 7) is 2.16. The van der Waals surface area contributed by atoms with Crippen LogP contribution in [0.5, 0.6) is 0 Å². The first-order valence-electron chi connectivity index (χ1n) is 9.35. The smallest absolute Gasteiger partial charge is 0.0667 e. The van der Waals surface area contributed by atoms with E-state index >= 15 is 0 Å². The predicted octanol–water partition coefficient (Wildman–Crippen LogP) is 4.74. The number of nitrogens with zero attached hydrogens (tertiary/aromatic N) is 1. The summed E-state index contributed by atoms with van der Waals surface area (Å²) in [4.78, 5) is 2.50. The van der Waals surface area contributed by atoms with Crippen LogP contribution in [0.2, 0.25) is 0 Å². The van der Waals surface area contributed by atoms with Gasteiger partial charge in [0.15, 0.2) is 0 Å². The Morgan fingerprint density at radius 1 is 0.708 bits per heavy atom. The first-order valence-corrected chi connectivity index (χ1v) is 9.35. The molecular formula is C22H29NO. The molecule has 0 aromatic heterocycles. The van der Waals surface area contributed by atoms with E-state index in [0.29, 0.717) is 0 Å². The van der Waals surface area contributed by atoms with Crippen LogP contribution in [0, 0.1) is 0 Å². The van der Waals surface area contributed by atoms with Crippen molar-refractivity contribution in [2.24, 2.45) is 0 Å². The minimum absolute atomic E-state index is 0.0423. The number of aliphatic hydroxyl groups excluding tert-OH is 1. The van der Waals surface area contributed by atoms with Gasteiger partial charge in [-0.3, -0.25) is 4.90 Å². The largest absolute Gasteiger partial charge is 0.392 e. The normalized spacial score (nSPS) is 22.0. The number of benzene rings is 2. The first kappa shape index (κ1) is 17.2. The van der Waals surface area contributed by atoms with Crippen molar-refractivity contribution in [3.05, 3.63) is 60.7 Å². The zero-order valence-corrected chi connectivity index (χ0v) is 14.5. The van der Waals surface area contributed by atoms with Gasteiger partial charge in [0.25, 0.3) is 0 Å². The van der Waals surface area contributed by atoms with Gasteiger partial charge in [-0.15, -0.1) is 0 Å². The Balaban J connectivity index is 0.000000141. The minimum Gasteiger partial charge on any atom is -0.392 e. The summed E-state index contributed by atoms with van der Waals surface area (Å²) in [6.07, 6.45) is 7.70. The van der Waals surface area contributed by atoms with Crippen molar-refractivity contribution in [3.63, 3.8) is 0 Å². The third kappa shape index (κ3) is 4.93. The Kier molecular flexibility index (Phi) is 6.45. The summed E-state index contributed by atoms with van der Waals surface area (Å²) in [6, 6.07) is 21.6. The van der Waals surface area contributed by atoms with Gasteiger partial charge in [-0.2, -0.15) is 0 Å². The van der Waals surface area contributed by atoms with E-state index in [1.165, 1.54) is 49.8 Å². The monoisotopic (exact) mass is 323 g/mol. The van der Waals surface area contributed by atoms with Crippen LogP contribution < -0.4 is 0 Å². The van der Waals surface area contributed by atoms with Crippen molar-refractivity contribution in [1.29, 1.82) is 0 Å². The van der Waals surface area contributed by atoms with Gasteiger partial charge in [0, 0.05) is 12.6 Å². The molecule has 2 nitrogen and oxygen atoms in total. The van der Waals surface area contributed by atoms with Gasteiger partial charge in [-0.1, -0.05) is 73.5 Å². The molecule has 0 amide bonds. The van der Waals surface area contributed by atoms with Gasteiger partial charge < -0.3 is 5.11 Å². The topological polar surface area (TPSA) is 23.5 Å². The molecule has 1 atom stereocenters. The van der Waals surface area contributed by atoms with Crippen LogP contribution in [-0.2, 0) is 0 Å². The van der Waals surface area contributed by atoms with Crippen LogP contribution in [-0.4, -0.2) is 35.2 Å². The maximum atomic E-state index is 9.50. The predicted molar refractivity (Wildman–Crippen MR) is 101 cm³/mol. The highest BCUT2D eigenvalue weighted by molar-refractivity contribution is 5.62. The average Bonchev–Trinajstić information content (AvgIpc) is 3.19. The zero-order chi connectivity index (χ0) is 16.6. The van der Waals surface area contributed by atoms with Crippen LogP contribution >= 0.6 is 0 Å². The van der Waals surface area contributed by atoms with Gasteiger partial charge in [0.2, 0.25) is 0 Å². The van der Waals surface area contributed by atoms with Crippen molar-refractivity contribution in [3.8, 4) is 11.1 Å². The van der Waals surface area contributed by atoms with Crippen molar-refractivity contribution in [2.45, 2.75) is 50.7 Å². The van der Waals surface area contributed by atoms with Crippen molar-refractivity contribution in [2.75, 3.05) is 13.1 Å². The third-order valence-electron chi connectivity index (χ3n) is 5.15. The minimum atomic E-state index is -0.0423. The van der Waals surface area contributed by atoms with E-state index in [9.17, 15) is 5.11 Å². The first-order chi connectivity index (χ1) is 11.8. The van der Waals surface area contributed by atoms with Gasteiger partial charge >= 0.3 is 0 Å². The molecule has 1 heterocycles. The molecule has 2 aromatic rings. The lowest BCUT2D eigenvalue weighted by Gasteiger charge is -2.34. The number of rotatable bonds is 2. The van der Waals surface area contributed by atoms with Gasteiger partial charge in [0.1, 0.15) is 0 Å². The lowest BCUT2D eigenvalue weighted by atomic mass is 10.1. The molecule has 1 aliphatic heterocycles. The second kappa shape index (κ2) is 9.00. The van der Waals surface area contributed by atoms with Crippen molar-refractivity contribution >= 4 is 0 Å². The fourth-order valence-electron chi connectivity index (χ4n) is 3.85. The maximum absolute atomic E-state index is 9.50. The van der Waals surface area contributed by atoms with E-state index in [-0.39, 0.29) is 6.10 Å². The second-order valence-corrected chi connectivity index (χ2v) is 6.96. The summed E-state index contributed by atoms with van der Waals surface area (Å²) in [5.74, 6) is 0. The van der Waals surface area contributed by atoms with Gasteiger partial charge in [0.05, 0.1) is 6.10 Å². The number of hydrogen-bond donors (Lipinski definition) is 1. The molecule has 0 bridgehead atoms. The molecule has 24 heavy (non-hydrogen) atoms. The van der Waals surface area contributed by atoms with Gasteiger partial charge in [-0.05, 0) is 43.4 Å². The number of β-amino-alcohol motifs (C(OH)–C–C–N with tert-alkyl or cyclic N) is 1. The molecule has 2 heteroatoms. The Morgan fingerprint density at radius 2 is 1.25 bits per heavy atom. The molecule has 2 fully saturated rings. The fraction of sp³-hybridized carbons (Fsp3) is 0.455. The second-order valence-electron chi connectivity index (χ2n) is 6.96. The summed E-state index contributed by atoms with van der Waals surface area (Å²) in [5, 5.41) is 9.50. The maximum Gasteiger partial charge on any atom is 0.0667 e. The SMILES string of the molecule is OC1CCCN(C2CCCC2)C1.c1ccc(-c2ccccc2)cc1. The third-order valence-corrected chi connectivity index (χ3v) is 5.15. The van der Waals surface area contributed by atoms with Gasteiger partial charge in [-0.25, -0.2) is 0 Å². The molecule has 0 radical (unpaired) electrons. The number of piperidine rings is 1. The quantitative estimate of drug-likeness (QED) is 0.863. The fourth-order valence-corrected chi connectivity index (χ4v) is 3.85. The number of hydrogen-bond acceptors (Lipinski definition) is 2. The summed E-state index contributed by atoms with van der Waals surface area (Å²) in [5.41, 5.74) is 2.55.